The van der Waals surface area contributed by atoms with Crippen LogP contribution >= 0.6 is 0 Å². The topological polar surface area (TPSA) is 104 Å². The van der Waals surface area contributed by atoms with Crippen molar-refractivity contribution in [3.63, 3.8) is 0 Å². The molecule has 31 heavy (non-hydrogen) atoms. The minimum atomic E-state index is -1.26. The molecule has 1 aromatic carbocycles. The third kappa shape index (κ3) is 6.05. The normalized spacial score (nSPS) is 15.2. The SMILES string of the molecule is Cc1ccc2c(c1)nc(OCC1CCN(C)CC1)c1cccn12.O=C(O)/C=C/C(=O)O. The van der Waals surface area contributed by atoms with Gasteiger partial charge in [-0.2, -0.15) is 0 Å². The average molecular weight is 425 g/mol. The summed E-state index contributed by atoms with van der Waals surface area (Å²) in [5.41, 5.74) is 4.39. The Balaban J connectivity index is 0.000000293. The number of ether oxygens (including phenoxy) is 1. The number of benzene rings is 1. The number of hydrogen-bond donors (Lipinski definition) is 2. The number of carbonyl (C=O) groups is 2. The number of carboxylic acid groups (broad SMARTS) is 2. The Morgan fingerprint density at radius 1 is 1.13 bits per heavy atom. The number of nitrogens with zero attached hydrogens (tertiary/aromatic N) is 3. The quantitative estimate of drug-likeness (QED) is 0.605. The van der Waals surface area contributed by atoms with Gasteiger partial charge in [-0.1, -0.05) is 6.07 Å². The first-order valence-electron chi connectivity index (χ1n) is 10.2. The van der Waals surface area contributed by atoms with Gasteiger partial charge in [-0.25, -0.2) is 14.6 Å². The second-order valence-corrected chi connectivity index (χ2v) is 7.74. The van der Waals surface area contributed by atoms with Crippen molar-refractivity contribution in [2.24, 2.45) is 5.92 Å². The molecule has 3 heterocycles. The molecule has 1 aliphatic rings. The molecular weight excluding hydrogens is 398 g/mol. The number of aryl methyl sites for hydroxylation is 1. The molecular formula is C23H27N3O5. The maximum absolute atomic E-state index is 9.55. The summed E-state index contributed by atoms with van der Waals surface area (Å²) in [5.74, 6) is -1.12. The lowest BCUT2D eigenvalue weighted by atomic mass is 9.98. The minimum absolute atomic E-state index is 0.558. The zero-order chi connectivity index (χ0) is 22.4. The van der Waals surface area contributed by atoms with E-state index in [1.54, 1.807) is 0 Å². The van der Waals surface area contributed by atoms with Crippen molar-refractivity contribution in [1.82, 2.24) is 14.3 Å². The molecule has 4 rings (SSSR count). The number of piperidine rings is 1. The molecule has 0 bridgehead atoms. The smallest absolute Gasteiger partial charge is 0.328 e. The van der Waals surface area contributed by atoms with Crippen LogP contribution in [-0.4, -0.2) is 63.2 Å². The van der Waals surface area contributed by atoms with Crippen molar-refractivity contribution in [2.45, 2.75) is 19.8 Å². The lowest BCUT2D eigenvalue weighted by Gasteiger charge is -2.28. The summed E-state index contributed by atoms with van der Waals surface area (Å²) in [5, 5.41) is 15.6. The van der Waals surface area contributed by atoms with Gasteiger partial charge >= 0.3 is 11.9 Å². The molecule has 2 aromatic heterocycles. The molecule has 1 saturated heterocycles. The van der Waals surface area contributed by atoms with Gasteiger partial charge in [0.25, 0.3) is 0 Å². The molecule has 0 aliphatic carbocycles. The van der Waals surface area contributed by atoms with E-state index in [1.165, 1.54) is 31.5 Å². The van der Waals surface area contributed by atoms with Crippen molar-refractivity contribution >= 4 is 28.5 Å². The molecule has 0 spiro atoms. The molecule has 8 heteroatoms. The molecule has 2 N–H and O–H groups in total. The van der Waals surface area contributed by atoms with E-state index in [2.05, 4.69) is 59.8 Å². The highest BCUT2D eigenvalue weighted by Crippen LogP contribution is 2.26. The lowest BCUT2D eigenvalue weighted by Crippen LogP contribution is -2.32. The van der Waals surface area contributed by atoms with Gasteiger partial charge in [-0.05, 0) is 75.6 Å². The summed E-state index contributed by atoms with van der Waals surface area (Å²) < 4.78 is 8.32. The molecule has 0 amide bonds. The average Bonchev–Trinajstić information content (AvgIpc) is 3.22. The fourth-order valence-electron chi connectivity index (χ4n) is 3.53. The highest BCUT2D eigenvalue weighted by atomic mass is 16.5. The summed E-state index contributed by atoms with van der Waals surface area (Å²) in [6.45, 7) is 5.19. The van der Waals surface area contributed by atoms with Crippen molar-refractivity contribution in [3.05, 3.63) is 54.2 Å². The summed E-state index contributed by atoms with van der Waals surface area (Å²) in [6, 6.07) is 10.5. The van der Waals surface area contributed by atoms with Crippen LogP contribution in [0.25, 0.3) is 16.6 Å². The van der Waals surface area contributed by atoms with Gasteiger partial charge in [0.05, 0.1) is 17.6 Å². The van der Waals surface area contributed by atoms with Crippen molar-refractivity contribution < 1.29 is 24.5 Å². The number of aromatic nitrogens is 2. The Morgan fingerprint density at radius 3 is 2.45 bits per heavy atom. The van der Waals surface area contributed by atoms with Crippen molar-refractivity contribution in [1.29, 1.82) is 0 Å². The maximum atomic E-state index is 9.55. The molecule has 0 saturated carbocycles. The number of fused-ring (bicyclic) bond motifs is 3. The third-order valence-corrected chi connectivity index (χ3v) is 5.24. The predicted molar refractivity (Wildman–Crippen MR) is 118 cm³/mol. The van der Waals surface area contributed by atoms with E-state index in [4.69, 9.17) is 19.9 Å². The molecule has 1 aliphatic heterocycles. The molecule has 8 nitrogen and oxygen atoms in total. The molecule has 3 aromatic rings. The van der Waals surface area contributed by atoms with Gasteiger partial charge in [0.15, 0.2) is 0 Å². The number of rotatable bonds is 5. The third-order valence-electron chi connectivity index (χ3n) is 5.24. The van der Waals surface area contributed by atoms with Crippen LogP contribution in [0, 0.1) is 12.8 Å². The lowest BCUT2D eigenvalue weighted by molar-refractivity contribution is -0.134. The number of likely N-dealkylation sites (tertiary alicyclic amines) is 1. The monoisotopic (exact) mass is 425 g/mol. The maximum Gasteiger partial charge on any atom is 0.328 e. The van der Waals surface area contributed by atoms with Crippen LogP contribution in [0.4, 0.5) is 0 Å². The Bertz CT molecular complexity index is 1080. The summed E-state index contributed by atoms with van der Waals surface area (Å²) in [7, 11) is 2.19. The highest BCUT2D eigenvalue weighted by molar-refractivity contribution is 5.89. The highest BCUT2D eigenvalue weighted by Gasteiger charge is 2.18. The van der Waals surface area contributed by atoms with Crippen LogP contribution in [0.2, 0.25) is 0 Å². The standard InChI is InChI=1S/C19H23N3O.C4H4O4/c1-14-5-6-17-16(12-14)20-19(18-4-3-9-22(17)18)23-13-15-7-10-21(2)11-8-15;5-3(6)1-2-4(7)8/h3-6,9,12,15H,7-8,10-11,13H2,1-2H3;1-2H,(H,5,6)(H,7,8)/b;2-1+. The first-order valence-corrected chi connectivity index (χ1v) is 10.2. The largest absolute Gasteiger partial charge is 0.478 e. The number of hydrogen-bond acceptors (Lipinski definition) is 5. The fraction of sp³-hybridized carbons (Fsp3) is 0.348. The number of aliphatic carboxylic acids is 2. The Hall–Kier alpha value is -3.39. The molecule has 164 valence electrons. The van der Waals surface area contributed by atoms with Gasteiger partial charge in [-0.15, -0.1) is 0 Å². The second kappa shape index (κ2) is 10.1. The molecule has 0 unspecified atom stereocenters. The van der Waals surface area contributed by atoms with Crippen LogP contribution in [0.5, 0.6) is 5.88 Å². The first-order chi connectivity index (χ1) is 14.8. The minimum Gasteiger partial charge on any atom is -0.478 e. The van der Waals surface area contributed by atoms with E-state index in [9.17, 15) is 9.59 Å². The van der Waals surface area contributed by atoms with E-state index in [-0.39, 0.29) is 0 Å². The molecule has 0 atom stereocenters. The Kier molecular flexibility index (Phi) is 7.25. The molecule has 0 radical (unpaired) electrons. The van der Waals surface area contributed by atoms with E-state index >= 15 is 0 Å². The summed E-state index contributed by atoms with van der Waals surface area (Å²) in [6.07, 6.45) is 5.61. The van der Waals surface area contributed by atoms with Crippen LogP contribution in [0.1, 0.15) is 18.4 Å². The van der Waals surface area contributed by atoms with E-state index in [0.29, 0.717) is 18.1 Å². The van der Waals surface area contributed by atoms with Gasteiger partial charge in [-0.3, -0.25) is 0 Å². The molecule has 1 fully saturated rings. The Morgan fingerprint density at radius 2 is 1.81 bits per heavy atom. The van der Waals surface area contributed by atoms with E-state index in [0.717, 1.165) is 29.0 Å². The summed E-state index contributed by atoms with van der Waals surface area (Å²) >= 11 is 0. The van der Waals surface area contributed by atoms with E-state index < -0.39 is 11.9 Å². The van der Waals surface area contributed by atoms with Gasteiger partial charge in [0.2, 0.25) is 5.88 Å². The summed E-state index contributed by atoms with van der Waals surface area (Å²) in [4.78, 5) is 26.3. The van der Waals surface area contributed by atoms with Crippen LogP contribution in [0.3, 0.4) is 0 Å². The van der Waals surface area contributed by atoms with Gasteiger partial charge in [0, 0.05) is 18.3 Å². The van der Waals surface area contributed by atoms with Gasteiger partial charge in [0.1, 0.15) is 5.52 Å². The second-order valence-electron chi connectivity index (χ2n) is 7.74. The van der Waals surface area contributed by atoms with Crippen molar-refractivity contribution in [2.75, 3.05) is 26.7 Å². The van der Waals surface area contributed by atoms with Gasteiger partial charge < -0.3 is 24.3 Å². The van der Waals surface area contributed by atoms with Crippen molar-refractivity contribution in [3.8, 4) is 5.88 Å². The first kappa shape index (κ1) is 22.3. The van der Waals surface area contributed by atoms with Crippen LogP contribution < -0.4 is 4.74 Å². The van der Waals surface area contributed by atoms with E-state index in [1.807, 2.05) is 0 Å². The Labute approximate surface area is 180 Å². The fourth-order valence-corrected chi connectivity index (χ4v) is 3.53. The predicted octanol–water partition coefficient (Wildman–Crippen LogP) is 3.23. The zero-order valence-electron chi connectivity index (χ0n) is 17.7. The zero-order valence-corrected chi connectivity index (χ0v) is 17.7. The van der Waals surface area contributed by atoms with Crippen LogP contribution in [0.15, 0.2) is 48.7 Å². The van der Waals surface area contributed by atoms with Crippen LogP contribution in [-0.2, 0) is 9.59 Å². The number of carboxylic acids is 2.